The number of aromatic nitrogens is 2. The van der Waals surface area contributed by atoms with Gasteiger partial charge in [-0.2, -0.15) is 5.10 Å². The zero-order valence-electron chi connectivity index (χ0n) is 10.9. The first kappa shape index (κ1) is 15.1. The van der Waals surface area contributed by atoms with Crippen LogP contribution in [0.5, 0.6) is 0 Å². The second-order valence-corrected chi connectivity index (χ2v) is 4.11. The van der Waals surface area contributed by atoms with Gasteiger partial charge in [0.25, 0.3) is 0 Å². The SMILES string of the molecule is COCCC(NC(=O)C(N)c1cnn(C)c1)C(=O)O. The van der Waals surface area contributed by atoms with Crippen molar-refractivity contribution in [1.29, 1.82) is 0 Å². The molecule has 4 N–H and O–H groups in total. The Hall–Kier alpha value is -1.93. The van der Waals surface area contributed by atoms with E-state index in [0.29, 0.717) is 5.56 Å². The van der Waals surface area contributed by atoms with Crippen LogP contribution in [-0.4, -0.2) is 46.5 Å². The lowest BCUT2D eigenvalue weighted by Crippen LogP contribution is -2.45. The van der Waals surface area contributed by atoms with Crippen LogP contribution in [-0.2, 0) is 21.4 Å². The van der Waals surface area contributed by atoms with Gasteiger partial charge in [0.15, 0.2) is 0 Å². The Labute approximate surface area is 110 Å². The number of carbonyl (C=O) groups is 2. The Balaban J connectivity index is 2.63. The molecule has 8 nitrogen and oxygen atoms in total. The molecule has 0 aliphatic heterocycles. The van der Waals surface area contributed by atoms with Crippen molar-refractivity contribution in [2.24, 2.45) is 12.8 Å². The van der Waals surface area contributed by atoms with Crippen LogP contribution in [0.1, 0.15) is 18.0 Å². The average molecular weight is 270 g/mol. The van der Waals surface area contributed by atoms with E-state index in [9.17, 15) is 9.59 Å². The highest BCUT2D eigenvalue weighted by Crippen LogP contribution is 2.09. The molecule has 0 aromatic carbocycles. The number of ether oxygens (including phenoxy) is 1. The topological polar surface area (TPSA) is 119 Å². The summed E-state index contributed by atoms with van der Waals surface area (Å²) in [5.74, 6) is -1.68. The predicted octanol–water partition coefficient (Wildman–Crippen LogP) is -0.974. The molecule has 0 spiro atoms. The standard InChI is InChI=1S/C11H18N4O4/c1-15-6-7(5-13-15)9(12)10(16)14-8(11(17)18)3-4-19-2/h5-6,8-9H,3-4,12H2,1-2H3,(H,14,16)(H,17,18). The van der Waals surface area contributed by atoms with Crippen molar-refractivity contribution >= 4 is 11.9 Å². The number of carboxylic acid groups (broad SMARTS) is 1. The summed E-state index contributed by atoms with van der Waals surface area (Å²) < 4.78 is 6.31. The first-order valence-electron chi connectivity index (χ1n) is 5.72. The number of nitrogens with zero attached hydrogens (tertiary/aromatic N) is 2. The van der Waals surface area contributed by atoms with Crippen LogP contribution >= 0.6 is 0 Å². The number of rotatable bonds is 7. The molecular weight excluding hydrogens is 252 g/mol. The highest BCUT2D eigenvalue weighted by molar-refractivity contribution is 5.87. The van der Waals surface area contributed by atoms with Gasteiger partial charge < -0.3 is 20.9 Å². The molecule has 2 atom stereocenters. The Morgan fingerprint density at radius 1 is 1.63 bits per heavy atom. The minimum atomic E-state index is -1.12. The molecule has 1 aromatic heterocycles. The normalized spacial score (nSPS) is 13.8. The van der Waals surface area contributed by atoms with Gasteiger partial charge >= 0.3 is 5.97 Å². The van der Waals surface area contributed by atoms with E-state index in [0.717, 1.165) is 0 Å². The zero-order chi connectivity index (χ0) is 14.4. The fourth-order valence-corrected chi connectivity index (χ4v) is 1.51. The molecule has 106 valence electrons. The molecule has 1 amide bonds. The molecule has 8 heteroatoms. The van der Waals surface area contributed by atoms with Crippen LogP contribution in [0.4, 0.5) is 0 Å². The van der Waals surface area contributed by atoms with Gasteiger partial charge in [-0.3, -0.25) is 9.48 Å². The third-order valence-electron chi connectivity index (χ3n) is 2.59. The van der Waals surface area contributed by atoms with Gasteiger partial charge in [0, 0.05) is 38.9 Å². The number of nitrogens with two attached hydrogens (primary N) is 1. The maximum absolute atomic E-state index is 11.9. The maximum atomic E-state index is 11.9. The number of nitrogens with one attached hydrogen (secondary N) is 1. The third-order valence-corrected chi connectivity index (χ3v) is 2.59. The van der Waals surface area contributed by atoms with Crippen LogP contribution < -0.4 is 11.1 Å². The van der Waals surface area contributed by atoms with Gasteiger partial charge in [-0.15, -0.1) is 0 Å². The summed E-state index contributed by atoms with van der Waals surface area (Å²) in [6, 6.07) is -1.96. The summed E-state index contributed by atoms with van der Waals surface area (Å²) in [6.07, 6.45) is 3.25. The van der Waals surface area contributed by atoms with Crippen LogP contribution in [0.25, 0.3) is 0 Å². The first-order chi connectivity index (χ1) is 8.95. The molecule has 1 rings (SSSR count). The number of aliphatic carboxylic acids is 1. The number of carboxylic acids is 1. The lowest BCUT2D eigenvalue weighted by molar-refractivity contribution is -0.142. The molecule has 0 bridgehead atoms. The minimum Gasteiger partial charge on any atom is -0.480 e. The van der Waals surface area contributed by atoms with Crippen LogP contribution in [0.2, 0.25) is 0 Å². The summed E-state index contributed by atoms with van der Waals surface area (Å²) >= 11 is 0. The molecule has 0 fully saturated rings. The van der Waals surface area contributed by atoms with Crippen molar-refractivity contribution < 1.29 is 19.4 Å². The fraction of sp³-hybridized carbons (Fsp3) is 0.545. The highest BCUT2D eigenvalue weighted by atomic mass is 16.5. The number of amides is 1. The second-order valence-electron chi connectivity index (χ2n) is 4.11. The largest absolute Gasteiger partial charge is 0.480 e. The van der Waals surface area contributed by atoms with Crippen molar-refractivity contribution in [3.8, 4) is 0 Å². The quantitative estimate of drug-likeness (QED) is 0.586. The molecule has 0 saturated carbocycles. The zero-order valence-corrected chi connectivity index (χ0v) is 10.9. The van der Waals surface area contributed by atoms with Crippen LogP contribution in [0.15, 0.2) is 12.4 Å². The molecule has 19 heavy (non-hydrogen) atoms. The molecule has 1 aromatic rings. The lowest BCUT2D eigenvalue weighted by atomic mass is 10.1. The van der Waals surface area contributed by atoms with Crippen LogP contribution in [0, 0.1) is 0 Å². The monoisotopic (exact) mass is 270 g/mol. The van der Waals surface area contributed by atoms with Crippen LogP contribution in [0.3, 0.4) is 0 Å². The average Bonchev–Trinajstić information content (AvgIpc) is 2.79. The smallest absolute Gasteiger partial charge is 0.326 e. The molecular formula is C11H18N4O4. The minimum absolute atomic E-state index is 0.178. The summed E-state index contributed by atoms with van der Waals surface area (Å²) in [6.45, 7) is 0.235. The van der Waals surface area contributed by atoms with Gasteiger partial charge in [-0.05, 0) is 0 Å². The summed E-state index contributed by atoms with van der Waals surface area (Å²) in [5.41, 5.74) is 6.26. The van der Waals surface area contributed by atoms with E-state index in [4.69, 9.17) is 15.6 Å². The van der Waals surface area contributed by atoms with E-state index in [1.54, 1.807) is 13.2 Å². The van der Waals surface area contributed by atoms with E-state index in [-0.39, 0.29) is 13.0 Å². The molecule has 0 aliphatic carbocycles. The highest BCUT2D eigenvalue weighted by Gasteiger charge is 2.24. The summed E-state index contributed by atoms with van der Waals surface area (Å²) in [5, 5.41) is 15.3. The van der Waals surface area contributed by atoms with Gasteiger partial charge in [0.05, 0.1) is 6.20 Å². The van der Waals surface area contributed by atoms with Crippen molar-refractivity contribution in [3.63, 3.8) is 0 Å². The number of carbonyl (C=O) groups excluding carboxylic acids is 1. The third kappa shape index (κ3) is 4.34. The van der Waals surface area contributed by atoms with E-state index < -0.39 is 24.0 Å². The molecule has 0 radical (unpaired) electrons. The Kier molecular flexibility index (Phi) is 5.46. The second kappa shape index (κ2) is 6.86. The Morgan fingerprint density at radius 2 is 2.32 bits per heavy atom. The summed E-state index contributed by atoms with van der Waals surface area (Å²) in [4.78, 5) is 22.8. The van der Waals surface area contributed by atoms with Crippen molar-refractivity contribution in [1.82, 2.24) is 15.1 Å². The van der Waals surface area contributed by atoms with E-state index in [1.807, 2.05) is 0 Å². The van der Waals surface area contributed by atoms with Crippen molar-refractivity contribution in [2.75, 3.05) is 13.7 Å². The Morgan fingerprint density at radius 3 is 2.79 bits per heavy atom. The van der Waals surface area contributed by atoms with Gasteiger partial charge in [0.1, 0.15) is 12.1 Å². The number of hydrogen-bond donors (Lipinski definition) is 3. The van der Waals surface area contributed by atoms with Gasteiger partial charge in [-0.25, -0.2) is 4.79 Å². The lowest BCUT2D eigenvalue weighted by Gasteiger charge is -2.16. The van der Waals surface area contributed by atoms with Crippen molar-refractivity contribution in [3.05, 3.63) is 18.0 Å². The molecule has 0 saturated heterocycles. The maximum Gasteiger partial charge on any atom is 0.326 e. The molecule has 0 aliphatic rings. The fourth-order valence-electron chi connectivity index (χ4n) is 1.51. The van der Waals surface area contributed by atoms with E-state index in [2.05, 4.69) is 10.4 Å². The number of hydrogen-bond acceptors (Lipinski definition) is 5. The summed E-state index contributed by atoms with van der Waals surface area (Å²) in [7, 11) is 3.16. The molecule has 2 unspecified atom stereocenters. The number of methoxy groups -OCH3 is 1. The van der Waals surface area contributed by atoms with Gasteiger partial charge in [0.2, 0.25) is 5.91 Å². The Bertz CT molecular complexity index is 446. The van der Waals surface area contributed by atoms with E-state index >= 15 is 0 Å². The van der Waals surface area contributed by atoms with E-state index in [1.165, 1.54) is 18.0 Å². The van der Waals surface area contributed by atoms with Crippen molar-refractivity contribution in [2.45, 2.75) is 18.5 Å². The van der Waals surface area contributed by atoms with Gasteiger partial charge in [-0.1, -0.05) is 0 Å². The number of aryl methyl sites for hydroxylation is 1. The predicted molar refractivity (Wildman–Crippen MR) is 66.2 cm³/mol. The molecule has 1 heterocycles. The first-order valence-corrected chi connectivity index (χ1v) is 5.72.